The second-order valence-corrected chi connectivity index (χ2v) is 7.03. The number of aliphatic hydroxyl groups excluding tert-OH is 1. The van der Waals surface area contributed by atoms with Crippen LogP contribution in [-0.2, 0) is 11.2 Å². The standard InChI is InChI=1S/C22H28FNO3/c1-2-4-17-7-9-21(10-8-17)27-16-20(25)14-24-11-12-26-22(15-24)18-5-3-6-19(23)13-18/h3,5-10,13,20,22,25H,2,4,11-12,14-16H2,1H3. The summed E-state index contributed by atoms with van der Waals surface area (Å²) in [7, 11) is 0. The number of hydrogen-bond acceptors (Lipinski definition) is 4. The van der Waals surface area contributed by atoms with Crippen molar-refractivity contribution in [1.29, 1.82) is 0 Å². The van der Waals surface area contributed by atoms with Crippen molar-refractivity contribution >= 4 is 0 Å². The number of hydrogen-bond donors (Lipinski definition) is 1. The summed E-state index contributed by atoms with van der Waals surface area (Å²) in [6, 6.07) is 14.5. The van der Waals surface area contributed by atoms with Gasteiger partial charge >= 0.3 is 0 Å². The fourth-order valence-corrected chi connectivity index (χ4v) is 3.36. The molecule has 3 rings (SSSR count). The number of halogens is 1. The molecule has 2 atom stereocenters. The van der Waals surface area contributed by atoms with Gasteiger partial charge in [-0.15, -0.1) is 0 Å². The van der Waals surface area contributed by atoms with Gasteiger partial charge in [-0.25, -0.2) is 4.39 Å². The van der Waals surface area contributed by atoms with Crippen molar-refractivity contribution in [3.05, 3.63) is 65.5 Å². The number of benzene rings is 2. The van der Waals surface area contributed by atoms with Crippen molar-refractivity contribution in [2.45, 2.75) is 32.0 Å². The largest absolute Gasteiger partial charge is 0.491 e. The topological polar surface area (TPSA) is 41.9 Å². The SMILES string of the molecule is CCCc1ccc(OCC(O)CN2CCOC(c3cccc(F)c3)C2)cc1. The van der Waals surface area contributed by atoms with Gasteiger partial charge in [0.25, 0.3) is 0 Å². The second kappa shape index (κ2) is 9.83. The number of aliphatic hydroxyl groups is 1. The van der Waals surface area contributed by atoms with Gasteiger partial charge in [0, 0.05) is 19.6 Å². The van der Waals surface area contributed by atoms with Crippen molar-refractivity contribution < 1.29 is 19.0 Å². The predicted molar refractivity (Wildman–Crippen MR) is 103 cm³/mol. The Kier molecular flexibility index (Phi) is 7.21. The highest BCUT2D eigenvalue weighted by atomic mass is 19.1. The average molecular weight is 373 g/mol. The van der Waals surface area contributed by atoms with E-state index in [9.17, 15) is 9.50 Å². The van der Waals surface area contributed by atoms with Gasteiger partial charge in [-0.05, 0) is 41.8 Å². The summed E-state index contributed by atoms with van der Waals surface area (Å²) < 4.78 is 24.9. The molecule has 27 heavy (non-hydrogen) atoms. The van der Waals surface area contributed by atoms with Crippen LogP contribution in [0.15, 0.2) is 48.5 Å². The summed E-state index contributed by atoms with van der Waals surface area (Å²) in [5.41, 5.74) is 2.12. The Morgan fingerprint density at radius 1 is 1.26 bits per heavy atom. The van der Waals surface area contributed by atoms with Gasteiger partial charge in [-0.2, -0.15) is 0 Å². The van der Waals surface area contributed by atoms with E-state index < -0.39 is 6.10 Å². The molecule has 0 bridgehead atoms. The second-order valence-electron chi connectivity index (χ2n) is 7.03. The number of nitrogens with zero attached hydrogens (tertiary/aromatic N) is 1. The molecule has 5 heteroatoms. The van der Waals surface area contributed by atoms with Gasteiger partial charge < -0.3 is 14.6 Å². The molecule has 0 aromatic heterocycles. The number of morpholine rings is 1. The van der Waals surface area contributed by atoms with Gasteiger partial charge in [0.15, 0.2) is 0 Å². The molecule has 4 nitrogen and oxygen atoms in total. The van der Waals surface area contributed by atoms with E-state index in [-0.39, 0.29) is 18.5 Å². The van der Waals surface area contributed by atoms with E-state index in [0.29, 0.717) is 19.7 Å². The number of rotatable bonds is 8. The first-order chi connectivity index (χ1) is 13.1. The van der Waals surface area contributed by atoms with Crippen molar-refractivity contribution in [1.82, 2.24) is 4.90 Å². The normalized spacial score (nSPS) is 19.0. The molecule has 0 spiro atoms. The molecule has 0 aliphatic carbocycles. The minimum atomic E-state index is -0.591. The molecule has 2 aromatic rings. The number of aryl methyl sites for hydroxylation is 1. The highest BCUT2D eigenvalue weighted by Crippen LogP contribution is 2.23. The van der Waals surface area contributed by atoms with E-state index >= 15 is 0 Å². The zero-order valence-electron chi connectivity index (χ0n) is 15.8. The summed E-state index contributed by atoms with van der Waals surface area (Å²) in [5.74, 6) is 0.514. The van der Waals surface area contributed by atoms with Gasteiger partial charge in [-0.3, -0.25) is 4.90 Å². The van der Waals surface area contributed by atoms with Crippen LogP contribution in [0.3, 0.4) is 0 Å². The molecule has 2 aromatic carbocycles. The lowest BCUT2D eigenvalue weighted by molar-refractivity contribution is -0.0460. The Labute approximate surface area is 160 Å². The Morgan fingerprint density at radius 3 is 2.81 bits per heavy atom. The van der Waals surface area contributed by atoms with E-state index in [1.54, 1.807) is 6.07 Å². The summed E-state index contributed by atoms with van der Waals surface area (Å²) in [6.07, 6.45) is 1.42. The summed E-state index contributed by atoms with van der Waals surface area (Å²) in [5, 5.41) is 10.3. The maximum absolute atomic E-state index is 13.4. The summed E-state index contributed by atoms with van der Waals surface area (Å²) in [4.78, 5) is 2.14. The van der Waals surface area contributed by atoms with E-state index in [1.165, 1.54) is 17.7 Å². The molecule has 1 aliphatic rings. The van der Waals surface area contributed by atoms with Crippen LogP contribution in [0.1, 0.15) is 30.6 Å². The zero-order chi connectivity index (χ0) is 19.1. The van der Waals surface area contributed by atoms with Crippen LogP contribution in [0, 0.1) is 5.82 Å². The molecule has 1 aliphatic heterocycles. The van der Waals surface area contributed by atoms with E-state index in [0.717, 1.165) is 30.7 Å². The van der Waals surface area contributed by atoms with Crippen molar-refractivity contribution in [3.63, 3.8) is 0 Å². The fourth-order valence-electron chi connectivity index (χ4n) is 3.36. The maximum Gasteiger partial charge on any atom is 0.123 e. The molecule has 0 radical (unpaired) electrons. The zero-order valence-corrected chi connectivity index (χ0v) is 15.8. The van der Waals surface area contributed by atoms with E-state index in [2.05, 4.69) is 24.0 Å². The quantitative estimate of drug-likeness (QED) is 0.768. The van der Waals surface area contributed by atoms with Crippen molar-refractivity contribution in [3.8, 4) is 5.75 Å². The third-order valence-electron chi connectivity index (χ3n) is 4.74. The van der Waals surface area contributed by atoms with Crippen LogP contribution in [0.5, 0.6) is 5.75 Å². The average Bonchev–Trinajstić information content (AvgIpc) is 2.68. The highest BCUT2D eigenvalue weighted by molar-refractivity contribution is 5.27. The van der Waals surface area contributed by atoms with Crippen LogP contribution in [0.25, 0.3) is 0 Å². The molecule has 1 heterocycles. The third kappa shape index (κ3) is 6.03. The predicted octanol–water partition coefficient (Wildman–Crippen LogP) is 3.59. The molecule has 0 amide bonds. The lowest BCUT2D eigenvalue weighted by atomic mass is 10.1. The third-order valence-corrected chi connectivity index (χ3v) is 4.74. The first kappa shape index (κ1) is 19.8. The molecule has 1 N–H and O–H groups in total. The lowest BCUT2D eigenvalue weighted by Crippen LogP contribution is -2.43. The van der Waals surface area contributed by atoms with Crippen LogP contribution < -0.4 is 4.74 Å². The van der Waals surface area contributed by atoms with E-state index in [4.69, 9.17) is 9.47 Å². The first-order valence-electron chi connectivity index (χ1n) is 9.63. The van der Waals surface area contributed by atoms with Crippen molar-refractivity contribution in [2.75, 3.05) is 32.8 Å². The molecule has 146 valence electrons. The van der Waals surface area contributed by atoms with Crippen LogP contribution >= 0.6 is 0 Å². The van der Waals surface area contributed by atoms with Crippen LogP contribution in [0.4, 0.5) is 4.39 Å². The van der Waals surface area contributed by atoms with Gasteiger partial charge in [0.1, 0.15) is 24.3 Å². The minimum Gasteiger partial charge on any atom is -0.491 e. The monoisotopic (exact) mass is 373 g/mol. The molecular formula is C22H28FNO3. The summed E-state index contributed by atoms with van der Waals surface area (Å²) >= 11 is 0. The van der Waals surface area contributed by atoms with E-state index in [1.807, 2.05) is 18.2 Å². The smallest absolute Gasteiger partial charge is 0.123 e. The molecular weight excluding hydrogens is 345 g/mol. The fraction of sp³-hybridized carbons (Fsp3) is 0.455. The van der Waals surface area contributed by atoms with Gasteiger partial charge in [-0.1, -0.05) is 37.6 Å². The Bertz CT molecular complexity index is 707. The minimum absolute atomic E-state index is 0.173. The number of β-amino-alcohol motifs (C(OH)–C–C–N with tert-alkyl or cyclic N) is 1. The molecule has 1 saturated heterocycles. The van der Waals surface area contributed by atoms with Gasteiger partial charge in [0.05, 0.1) is 12.7 Å². The van der Waals surface area contributed by atoms with Crippen LogP contribution in [0.2, 0.25) is 0 Å². The first-order valence-corrected chi connectivity index (χ1v) is 9.63. The maximum atomic E-state index is 13.4. The molecule has 2 unspecified atom stereocenters. The summed E-state index contributed by atoms with van der Waals surface area (Å²) in [6.45, 7) is 4.85. The Hall–Kier alpha value is -1.95. The highest BCUT2D eigenvalue weighted by Gasteiger charge is 2.24. The Balaban J connectivity index is 1.46. The van der Waals surface area contributed by atoms with Crippen molar-refractivity contribution in [2.24, 2.45) is 0 Å². The molecule has 0 saturated carbocycles. The lowest BCUT2D eigenvalue weighted by Gasteiger charge is -2.34. The number of ether oxygens (including phenoxy) is 2. The Morgan fingerprint density at radius 2 is 2.07 bits per heavy atom. The van der Waals surface area contributed by atoms with Gasteiger partial charge in [0.2, 0.25) is 0 Å². The molecule has 1 fully saturated rings. The van der Waals surface area contributed by atoms with Crippen LogP contribution in [-0.4, -0.2) is 49.0 Å².